The van der Waals surface area contributed by atoms with E-state index < -0.39 is 28.8 Å². The maximum absolute atomic E-state index is 15.5. The number of nitrogens with zero attached hydrogens (tertiary/aromatic N) is 5. The van der Waals surface area contributed by atoms with Gasteiger partial charge in [0.15, 0.2) is 17.3 Å². The Balaban J connectivity index is 1.27. The van der Waals surface area contributed by atoms with E-state index in [0.29, 0.717) is 18.9 Å². The molecule has 0 fully saturated rings. The van der Waals surface area contributed by atoms with Gasteiger partial charge >= 0.3 is 5.69 Å². The lowest BCUT2D eigenvalue weighted by Gasteiger charge is -2.30. The van der Waals surface area contributed by atoms with Gasteiger partial charge in [0, 0.05) is 61.7 Å². The highest BCUT2D eigenvalue weighted by atomic mass is 19.1. The van der Waals surface area contributed by atoms with E-state index in [1.165, 1.54) is 24.3 Å². The van der Waals surface area contributed by atoms with Gasteiger partial charge in [-0.2, -0.15) is 5.10 Å². The second-order valence-corrected chi connectivity index (χ2v) is 10.7. The number of aryl methyl sites for hydroxylation is 1. The van der Waals surface area contributed by atoms with Crippen molar-refractivity contribution in [2.24, 2.45) is 7.05 Å². The molecule has 4 aromatic rings. The summed E-state index contributed by atoms with van der Waals surface area (Å²) in [5.74, 6) is -1.86. The molecular weight excluding hydrogens is 610 g/mol. The number of benzene rings is 2. The summed E-state index contributed by atoms with van der Waals surface area (Å²) in [6, 6.07) is 8.61. The normalized spacial score (nSPS) is 13.9. The minimum atomic E-state index is -0.923. The van der Waals surface area contributed by atoms with Gasteiger partial charge in [-0.1, -0.05) is 12.2 Å². The van der Waals surface area contributed by atoms with E-state index in [1.54, 1.807) is 23.9 Å². The Hall–Kier alpha value is -5.82. The SMILES string of the molecule is CCOCCn1cc(C(=O)Nc2ccc(OC3=CC(c4cnn(C)c4)=CN4CC=CC=C34)c(F)c2)c(=O)n(-c2ccc(F)cc2)c1=O. The Bertz CT molecular complexity index is 2090. The number of halogens is 2. The molecule has 0 aliphatic carbocycles. The number of hydrogen-bond acceptors (Lipinski definition) is 7. The third kappa shape index (κ3) is 6.60. The van der Waals surface area contributed by atoms with Crippen molar-refractivity contribution in [1.29, 1.82) is 0 Å². The van der Waals surface area contributed by atoms with Gasteiger partial charge in [0.25, 0.3) is 11.5 Å². The van der Waals surface area contributed by atoms with Crippen molar-refractivity contribution < 1.29 is 23.0 Å². The number of carbonyl (C=O) groups excluding carboxylic acids is 1. The minimum absolute atomic E-state index is 0.0479. The zero-order chi connectivity index (χ0) is 33.1. The second kappa shape index (κ2) is 13.3. The van der Waals surface area contributed by atoms with Gasteiger partial charge in [-0.3, -0.25) is 18.8 Å². The van der Waals surface area contributed by atoms with Crippen LogP contribution in [0.25, 0.3) is 11.3 Å². The molecule has 1 N–H and O–H groups in total. The van der Waals surface area contributed by atoms with Crippen LogP contribution in [0.5, 0.6) is 5.75 Å². The molecule has 2 aromatic carbocycles. The van der Waals surface area contributed by atoms with Gasteiger partial charge in [-0.05, 0) is 55.5 Å². The van der Waals surface area contributed by atoms with Crippen LogP contribution in [-0.4, -0.2) is 49.5 Å². The van der Waals surface area contributed by atoms with Crippen molar-refractivity contribution in [3.8, 4) is 11.4 Å². The summed E-state index contributed by atoms with van der Waals surface area (Å²) in [7, 11) is 1.82. The first-order valence-corrected chi connectivity index (χ1v) is 14.8. The summed E-state index contributed by atoms with van der Waals surface area (Å²) in [4.78, 5) is 42.0. The molecule has 0 saturated carbocycles. The highest BCUT2D eigenvalue weighted by molar-refractivity contribution is 6.03. The van der Waals surface area contributed by atoms with Crippen molar-refractivity contribution >= 4 is 17.2 Å². The number of rotatable bonds is 10. The van der Waals surface area contributed by atoms with Crippen molar-refractivity contribution in [2.45, 2.75) is 13.5 Å². The molecule has 0 unspecified atom stereocenters. The van der Waals surface area contributed by atoms with Crippen LogP contribution in [0.4, 0.5) is 14.5 Å². The van der Waals surface area contributed by atoms with Crippen molar-refractivity contribution in [2.75, 3.05) is 25.1 Å². The molecule has 6 rings (SSSR count). The third-order valence-electron chi connectivity index (χ3n) is 7.45. The average Bonchev–Trinajstić information content (AvgIpc) is 3.50. The molecule has 11 nitrogen and oxygen atoms in total. The summed E-state index contributed by atoms with van der Waals surface area (Å²) in [6.07, 6.45) is 14.3. The van der Waals surface area contributed by atoms with Gasteiger partial charge in [0.05, 0.1) is 30.7 Å². The Kier molecular flexibility index (Phi) is 8.80. The molecule has 4 heterocycles. The zero-order valence-corrected chi connectivity index (χ0v) is 25.5. The fourth-order valence-corrected chi connectivity index (χ4v) is 5.13. The maximum Gasteiger partial charge on any atom is 0.335 e. The van der Waals surface area contributed by atoms with Crippen molar-refractivity contribution in [1.82, 2.24) is 23.8 Å². The number of ether oxygens (including phenoxy) is 2. The Morgan fingerprint density at radius 2 is 1.89 bits per heavy atom. The second-order valence-electron chi connectivity index (χ2n) is 10.7. The Labute approximate surface area is 267 Å². The van der Waals surface area contributed by atoms with E-state index >= 15 is 4.39 Å². The molecule has 2 aliphatic rings. The molecule has 47 heavy (non-hydrogen) atoms. The molecule has 240 valence electrons. The van der Waals surface area contributed by atoms with E-state index in [9.17, 15) is 18.8 Å². The first-order valence-electron chi connectivity index (χ1n) is 14.8. The predicted octanol–water partition coefficient (Wildman–Crippen LogP) is 4.37. The average molecular weight is 641 g/mol. The Morgan fingerprint density at radius 1 is 1.09 bits per heavy atom. The summed E-state index contributed by atoms with van der Waals surface area (Å²) < 4.78 is 44.1. The molecule has 0 atom stereocenters. The van der Waals surface area contributed by atoms with Crippen LogP contribution < -0.4 is 21.3 Å². The van der Waals surface area contributed by atoms with Gasteiger partial charge in [-0.25, -0.2) is 18.1 Å². The van der Waals surface area contributed by atoms with Crippen LogP contribution in [0.3, 0.4) is 0 Å². The highest BCUT2D eigenvalue weighted by Crippen LogP contribution is 2.33. The van der Waals surface area contributed by atoms with E-state index in [0.717, 1.165) is 50.4 Å². The fraction of sp³-hybridized carbons (Fsp3) is 0.176. The van der Waals surface area contributed by atoms with E-state index in [-0.39, 0.29) is 35.8 Å². The zero-order valence-electron chi connectivity index (χ0n) is 25.5. The maximum atomic E-state index is 15.5. The molecule has 1 amide bonds. The monoisotopic (exact) mass is 640 g/mol. The van der Waals surface area contributed by atoms with Gasteiger partial charge in [-0.15, -0.1) is 0 Å². The number of allylic oxidation sites excluding steroid dienone is 4. The number of fused-ring (bicyclic) bond motifs is 1. The van der Waals surface area contributed by atoms with Gasteiger partial charge in [0.1, 0.15) is 11.4 Å². The number of amides is 1. The fourth-order valence-electron chi connectivity index (χ4n) is 5.13. The number of aromatic nitrogens is 4. The van der Waals surface area contributed by atoms with E-state index in [1.807, 2.05) is 42.6 Å². The van der Waals surface area contributed by atoms with Crippen molar-refractivity contribution in [3.05, 3.63) is 147 Å². The number of carbonyl (C=O) groups is 1. The number of nitrogens with one attached hydrogen (secondary N) is 1. The lowest BCUT2D eigenvalue weighted by Crippen LogP contribution is -2.42. The van der Waals surface area contributed by atoms with Crippen molar-refractivity contribution in [3.63, 3.8) is 0 Å². The summed E-state index contributed by atoms with van der Waals surface area (Å²) in [5, 5.41) is 6.77. The third-order valence-corrected chi connectivity index (χ3v) is 7.45. The predicted molar refractivity (Wildman–Crippen MR) is 171 cm³/mol. The van der Waals surface area contributed by atoms with Gasteiger partial charge < -0.3 is 19.7 Å². The standard InChI is InChI=1S/C34H30F2N6O5/c1-3-46-15-14-41-21-27(33(44)42(34(41)45)26-10-7-24(35)8-11-26)32(43)38-25-9-12-30(28(36)17-25)47-31-16-22(23-18-37-39(2)19-23)20-40-13-5-4-6-29(31)40/h4-12,16-21H,3,13-15H2,1-2H3,(H,38,43). The van der Waals surface area contributed by atoms with Crippen LogP contribution >= 0.6 is 0 Å². The topological polar surface area (TPSA) is 113 Å². The quantitative estimate of drug-likeness (QED) is 0.256. The first-order chi connectivity index (χ1) is 22.7. The number of hydrogen-bond donors (Lipinski definition) is 1. The van der Waals surface area contributed by atoms with E-state index in [2.05, 4.69) is 10.4 Å². The minimum Gasteiger partial charge on any atom is -0.452 e. The van der Waals surface area contributed by atoms with Crippen LogP contribution in [0.1, 0.15) is 22.8 Å². The van der Waals surface area contributed by atoms with Crippen LogP contribution in [0.15, 0.2) is 113 Å². The molecule has 0 radical (unpaired) electrons. The summed E-state index contributed by atoms with van der Waals surface area (Å²) in [6.45, 7) is 2.99. The lowest BCUT2D eigenvalue weighted by molar-refractivity contribution is 0.102. The molecule has 0 spiro atoms. The molecule has 13 heteroatoms. The lowest BCUT2D eigenvalue weighted by atomic mass is 10.0. The highest BCUT2D eigenvalue weighted by Gasteiger charge is 2.24. The molecule has 0 bridgehead atoms. The first kappa shape index (κ1) is 31.2. The van der Waals surface area contributed by atoms with Crippen LogP contribution in [-0.2, 0) is 18.3 Å². The number of anilines is 1. The van der Waals surface area contributed by atoms with Gasteiger partial charge in [0.2, 0.25) is 0 Å². The summed E-state index contributed by atoms with van der Waals surface area (Å²) in [5.41, 5.74) is 0.532. The molecule has 0 saturated heterocycles. The Morgan fingerprint density at radius 3 is 2.62 bits per heavy atom. The van der Waals surface area contributed by atoms with E-state index in [4.69, 9.17) is 9.47 Å². The molecule has 2 aliphatic heterocycles. The van der Waals surface area contributed by atoms with Crippen LogP contribution in [0, 0.1) is 11.6 Å². The molecular formula is C34H30F2N6O5. The molecule has 2 aromatic heterocycles. The summed E-state index contributed by atoms with van der Waals surface area (Å²) >= 11 is 0. The smallest absolute Gasteiger partial charge is 0.335 e. The largest absolute Gasteiger partial charge is 0.452 e. The van der Waals surface area contributed by atoms with Crippen LogP contribution in [0.2, 0.25) is 0 Å².